The number of amides is 1. The minimum absolute atomic E-state index is 0.0720. The first-order valence-corrected chi connectivity index (χ1v) is 10.9. The number of rotatable bonds is 4. The standard InChI is InChI=1S/C23H29N3O3/c1-28-18-8-6-17(7-9-18)20-19(21(24-29-20)25-13-4-5-14-25)22(27)26-15-12-23(16-26)10-2-3-11-23/h6-9H,2-5,10-16H2,1H3. The normalized spacial score (nSPS) is 20.7. The molecule has 0 N–H and O–H groups in total. The van der Waals surface area contributed by atoms with E-state index in [9.17, 15) is 4.79 Å². The van der Waals surface area contributed by atoms with E-state index < -0.39 is 0 Å². The van der Waals surface area contributed by atoms with Crippen LogP contribution in [0.4, 0.5) is 5.82 Å². The molecule has 3 aliphatic rings. The predicted octanol–water partition coefficient (Wildman–Crippen LogP) is 4.36. The molecule has 0 atom stereocenters. The second-order valence-electron chi connectivity index (χ2n) is 8.82. The van der Waals surface area contributed by atoms with Crippen LogP contribution >= 0.6 is 0 Å². The van der Waals surface area contributed by atoms with Gasteiger partial charge in [0.25, 0.3) is 5.91 Å². The van der Waals surface area contributed by atoms with E-state index in [2.05, 4.69) is 10.1 Å². The van der Waals surface area contributed by atoms with Gasteiger partial charge in [0.05, 0.1) is 7.11 Å². The molecule has 1 amide bonds. The maximum atomic E-state index is 13.7. The molecule has 0 unspecified atom stereocenters. The van der Waals surface area contributed by atoms with Crippen molar-refractivity contribution in [2.45, 2.75) is 44.9 Å². The number of carbonyl (C=O) groups is 1. The number of hydrogen-bond acceptors (Lipinski definition) is 5. The molecule has 2 saturated heterocycles. The second-order valence-corrected chi connectivity index (χ2v) is 8.82. The summed E-state index contributed by atoms with van der Waals surface area (Å²) in [5, 5.41) is 4.37. The van der Waals surface area contributed by atoms with Crippen LogP contribution in [0.1, 0.15) is 55.3 Å². The molecule has 6 nitrogen and oxygen atoms in total. The number of aromatic nitrogens is 1. The van der Waals surface area contributed by atoms with Crippen LogP contribution in [0, 0.1) is 5.41 Å². The van der Waals surface area contributed by atoms with Crippen LogP contribution in [0.25, 0.3) is 11.3 Å². The quantitative estimate of drug-likeness (QED) is 0.770. The van der Waals surface area contributed by atoms with Crippen molar-refractivity contribution < 1.29 is 14.1 Å². The molecular weight excluding hydrogens is 366 g/mol. The molecule has 1 spiro atoms. The number of hydrogen-bond donors (Lipinski definition) is 0. The minimum atomic E-state index is 0.0720. The highest BCUT2D eigenvalue weighted by molar-refractivity contribution is 6.04. The Hall–Kier alpha value is -2.50. The number of anilines is 1. The highest BCUT2D eigenvalue weighted by Crippen LogP contribution is 2.46. The van der Waals surface area contributed by atoms with Crippen LogP contribution in [0.2, 0.25) is 0 Å². The van der Waals surface area contributed by atoms with E-state index in [1.54, 1.807) is 7.11 Å². The maximum absolute atomic E-state index is 13.7. The van der Waals surface area contributed by atoms with Crippen LogP contribution in [0.5, 0.6) is 5.75 Å². The third-order valence-electron chi connectivity index (χ3n) is 7.04. The monoisotopic (exact) mass is 395 g/mol. The van der Waals surface area contributed by atoms with Gasteiger partial charge in [-0.25, -0.2) is 0 Å². The van der Waals surface area contributed by atoms with Gasteiger partial charge >= 0.3 is 0 Å². The van der Waals surface area contributed by atoms with Crippen molar-refractivity contribution in [1.82, 2.24) is 10.1 Å². The summed E-state index contributed by atoms with van der Waals surface area (Å²) in [6, 6.07) is 7.66. The topological polar surface area (TPSA) is 58.8 Å². The Morgan fingerprint density at radius 3 is 2.45 bits per heavy atom. The molecule has 5 rings (SSSR count). The number of methoxy groups -OCH3 is 1. The van der Waals surface area contributed by atoms with Gasteiger partial charge in [-0.1, -0.05) is 18.0 Å². The lowest BCUT2D eigenvalue weighted by Gasteiger charge is -2.24. The molecule has 1 saturated carbocycles. The Bertz CT molecular complexity index is 877. The number of ether oxygens (including phenoxy) is 1. The van der Waals surface area contributed by atoms with E-state index in [1.165, 1.54) is 25.7 Å². The zero-order chi connectivity index (χ0) is 19.8. The third kappa shape index (κ3) is 3.28. The Labute approximate surface area is 171 Å². The van der Waals surface area contributed by atoms with Gasteiger partial charge in [-0.05, 0) is 61.8 Å². The molecule has 6 heteroatoms. The first-order valence-electron chi connectivity index (χ1n) is 10.9. The molecule has 1 aromatic carbocycles. The van der Waals surface area contributed by atoms with Crippen LogP contribution in [-0.2, 0) is 0 Å². The Morgan fingerprint density at radius 2 is 1.76 bits per heavy atom. The third-order valence-corrected chi connectivity index (χ3v) is 7.04. The van der Waals surface area contributed by atoms with E-state index in [0.717, 1.165) is 56.8 Å². The maximum Gasteiger partial charge on any atom is 0.261 e. The molecule has 3 fully saturated rings. The Balaban J connectivity index is 1.50. The first-order chi connectivity index (χ1) is 14.2. The number of nitrogens with zero attached hydrogens (tertiary/aromatic N) is 3. The average Bonchev–Trinajstić information content (AvgIpc) is 3.55. The fraction of sp³-hybridized carbons (Fsp3) is 0.565. The van der Waals surface area contributed by atoms with Gasteiger partial charge in [-0.15, -0.1) is 0 Å². The van der Waals surface area contributed by atoms with E-state index >= 15 is 0 Å². The molecular formula is C23H29N3O3. The molecule has 2 aromatic rings. The van der Waals surface area contributed by atoms with Gasteiger partial charge < -0.3 is 19.1 Å². The summed E-state index contributed by atoms with van der Waals surface area (Å²) in [4.78, 5) is 18.0. The summed E-state index contributed by atoms with van der Waals surface area (Å²) in [5.41, 5.74) is 1.84. The lowest BCUT2D eigenvalue weighted by molar-refractivity contribution is 0.0774. The molecule has 154 valence electrons. The highest BCUT2D eigenvalue weighted by Gasteiger charge is 2.43. The van der Waals surface area contributed by atoms with Crippen molar-refractivity contribution in [3.8, 4) is 17.1 Å². The highest BCUT2D eigenvalue weighted by atomic mass is 16.5. The summed E-state index contributed by atoms with van der Waals surface area (Å²) in [5.74, 6) is 2.14. The van der Waals surface area contributed by atoms with E-state index in [0.29, 0.717) is 22.6 Å². The van der Waals surface area contributed by atoms with Crippen LogP contribution in [0.3, 0.4) is 0 Å². The summed E-state index contributed by atoms with van der Waals surface area (Å²) >= 11 is 0. The van der Waals surface area contributed by atoms with Gasteiger partial charge in [0.15, 0.2) is 11.6 Å². The van der Waals surface area contributed by atoms with Crippen molar-refractivity contribution in [2.24, 2.45) is 5.41 Å². The summed E-state index contributed by atoms with van der Waals surface area (Å²) in [6.45, 7) is 3.57. The van der Waals surface area contributed by atoms with Gasteiger partial charge in [-0.2, -0.15) is 0 Å². The molecule has 0 bridgehead atoms. The number of benzene rings is 1. The Kier molecular flexibility index (Phi) is 4.72. The fourth-order valence-electron chi connectivity index (χ4n) is 5.36. The van der Waals surface area contributed by atoms with Crippen LogP contribution < -0.4 is 9.64 Å². The van der Waals surface area contributed by atoms with Crippen molar-refractivity contribution in [1.29, 1.82) is 0 Å². The van der Waals surface area contributed by atoms with Crippen LogP contribution in [-0.4, -0.2) is 49.3 Å². The van der Waals surface area contributed by atoms with Gasteiger partial charge in [0.1, 0.15) is 11.3 Å². The number of likely N-dealkylation sites (tertiary alicyclic amines) is 1. The first kappa shape index (κ1) is 18.5. The van der Waals surface area contributed by atoms with Crippen molar-refractivity contribution >= 4 is 11.7 Å². The van der Waals surface area contributed by atoms with Gasteiger partial charge in [0, 0.05) is 31.7 Å². The number of carbonyl (C=O) groups excluding carboxylic acids is 1. The average molecular weight is 396 g/mol. The lowest BCUT2D eigenvalue weighted by Crippen LogP contribution is -2.32. The zero-order valence-electron chi connectivity index (χ0n) is 17.2. The summed E-state index contributed by atoms with van der Waals surface area (Å²) in [6.07, 6.45) is 8.49. The van der Waals surface area contributed by atoms with Gasteiger partial charge in [0.2, 0.25) is 0 Å². The molecule has 3 heterocycles. The summed E-state index contributed by atoms with van der Waals surface area (Å²) < 4.78 is 11.1. The molecule has 2 aliphatic heterocycles. The van der Waals surface area contributed by atoms with Crippen molar-refractivity contribution in [3.63, 3.8) is 0 Å². The second kappa shape index (κ2) is 7.39. The largest absolute Gasteiger partial charge is 0.497 e. The molecule has 1 aromatic heterocycles. The minimum Gasteiger partial charge on any atom is -0.497 e. The predicted molar refractivity (Wildman–Crippen MR) is 111 cm³/mol. The SMILES string of the molecule is COc1ccc(-c2onc(N3CCCC3)c2C(=O)N2CCC3(CCCC3)C2)cc1. The zero-order valence-corrected chi connectivity index (χ0v) is 17.2. The van der Waals surface area contributed by atoms with Crippen molar-refractivity contribution in [2.75, 3.05) is 38.2 Å². The molecule has 1 aliphatic carbocycles. The van der Waals surface area contributed by atoms with Gasteiger partial charge in [-0.3, -0.25) is 4.79 Å². The Morgan fingerprint density at radius 1 is 1.03 bits per heavy atom. The molecule has 0 radical (unpaired) electrons. The van der Waals surface area contributed by atoms with E-state index in [-0.39, 0.29) is 5.91 Å². The van der Waals surface area contributed by atoms with E-state index in [1.807, 2.05) is 29.2 Å². The molecule has 29 heavy (non-hydrogen) atoms. The van der Waals surface area contributed by atoms with Crippen molar-refractivity contribution in [3.05, 3.63) is 29.8 Å². The lowest BCUT2D eigenvalue weighted by atomic mass is 9.86. The summed E-state index contributed by atoms with van der Waals surface area (Å²) in [7, 11) is 1.65. The fourth-order valence-corrected chi connectivity index (χ4v) is 5.36. The van der Waals surface area contributed by atoms with E-state index in [4.69, 9.17) is 9.26 Å². The smallest absolute Gasteiger partial charge is 0.261 e. The van der Waals surface area contributed by atoms with Crippen LogP contribution in [0.15, 0.2) is 28.8 Å².